The zero-order valence-electron chi connectivity index (χ0n) is 4.70. The van der Waals surface area contributed by atoms with Crippen LogP contribution in [0.4, 0.5) is 0 Å². The van der Waals surface area contributed by atoms with Gasteiger partial charge in [-0.3, -0.25) is 4.79 Å². The molecule has 0 saturated carbocycles. The zero-order valence-corrected chi connectivity index (χ0v) is 6.96. The monoisotopic (exact) mass is 186 g/mol. The average molecular weight is 187 g/mol. The standard InChI is InChI=1S/C5H5Cl3O/c1-4(9)2-3-5(6,7)8/h2-3H,1H3/b3-2+. The molecular formula is C5H5Cl3O. The van der Waals surface area contributed by atoms with Crippen molar-refractivity contribution in [1.29, 1.82) is 0 Å². The van der Waals surface area contributed by atoms with Gasteiger partial charge < -0.3 is 0 Å². The summed E-state index contributed by atoms with van der Waals surface area (Å²) >= 11 is 15.8. The summed E-state index contributed by atoms with van der Waals surface area (Å²) in [5, 5.41) is 0. The van der Waals surface area contributed by atoms with Gasteiger partial charge in [0.15, 0.2) is 5.78 Å². The molecule has 52 valence electrons. The summed E-state index contributed by atoms with van der Waals surface area (Å²) in [4.78, 5) is 10.2. The van der Waals surface area contributed by atoms with E-state index in [1.165, 1.54) is 19.1 Å². The van der Waals surface area contributed by atoms with Gasteiger partial charge in [0.25, 0.3) is 0 Å². The van der Waals surface area contributed by atoms with Gasteiger partial charge in [0, 0.05) is 0 Å². The Morgan fingerprint density at radius 3 is 2.00 bits per heavy atom. The molecule has 0 saturated heterocycles. The lowest BCUT2D eigenvalue weighted by Gasteiger charge is -1.99. The van der Waals surface area contributed by atoms with Crippen LogP contribution in [0.25, 0.3) is 0 Å². The van der Waals surface area contributed by atoms with E-state index in [1.54, 1.807) is 0 Å². The third-order valence-corrected chi connectivity index (χ3v) is 0.885. The van der Waals surface area contributed by atoms with Gasteiger partial charge in [-0.15, -0.1) is 0 Å². The Hall–Kier alpha value is 0.280. The number of carbonyl (C=O) groups is 1. The van der Waals surface area contributed by atoms with Crippen molar-refractivity contribution in [3.8, 4) is 0 Å². The molecule has 0 bridgehead atoms. The molecule has 0 unspecified atom stereocenters. The number of halogens is 3. The van der Waals surface area contributed by atoms with Crippen molar-refractivity contribution in [2.75, 3.05) is 0 Å². The second-order valence-corrected chi connectivity index (χ2v) is 3.85. The van der Waals surface area contributed by atoms with E-state index in [0.29, 0.717) is 0 Å². The van der Waals surface area contributed by atoms with Crippen LogP contribution < -0.4 is 0 Å². The fourth-order valence-corrected chi connectivity index (χ4v) is 0.401. The lowest BCUT2D eigenvalue weighted by atomic mass is 10.4. The van der Waals surface area contributed by atoms with Crippen LogP contribution in [0.1, 0.15) is 6.92 Å². The van der Waals surface area contributed by atoms with Crippen LogP contribution in [0.2, 0.25) is 0 Å². The van der Waals surface area contributed by atoms with E-state index in [0.717, 1.165) is 0 Å². The Morgan fingerprint density at radius 1 is 1.44 bits per heavy atom. The van der Waals surface area contributed by atoms with E-state index < -0.39 is 3.79 Å². The Balaban J connectivity index is 3.86. The lowest BCUT2D eigenvalue weighted by molar-refractivity contribution is -0.112. The molecule has 0 aromatic rings. The van der Waals surface area contributed by atoms with Gasteiger partial charge in [0.05, 0.1) is 0 Å². The Kier molecular flexibility index (Phi) is 3.56. The smallest absolute Gasteiger partial charge is 0.209 e. The fourth-order valence-electron chi connectivity index (χ4n) is 0.212. The first-order valence-corrected chi connectivity index (χ1v) is 3.32. The topological polar surface area (TPSA) is 17.1 Å². The maximum absolute atomic E-state index is 10.2. The van der Waals surface area contributed by atoms with Gasteiger partial charge in [-0.1, -0.05) is 34.8 Å². The summed E-state index contributed by atoms with van der Waals surface area (Å²) in [5.41, 5.74) is 0. The molecule has 0 fully saturated rings. The second-order valence-electron chi connectivity index (χ2n) is 1.49. The van der Waals surface area contributed by atoms with Crippen molar-refractivity contribution in [3.63, 3.8) is 0 Å². The fraction of sp³-hybridized carbons (Fsp3) is 0.400. The molecular weight excluding hydrogens is 182 g/mol. The molecule has 9 heavy (non-hydrogen) atoms. The highest BCUT2D eigenvalue weighted by molar-refractivity contribution is 6.69. The van der Waals surface area contributed by atoms with Crippen molar-refractivity contribution >= 4 is 40.6 Å². The minimum atomic E-state index is -1.45. The summed E-state index contributed by atoms with van der Waals surface area (Å²) in [7, 11) is 0. The molecule has 1 nitrogen and oxygen atoms in total. The third kappa shape index (κ3) is 8.28. The molecule has 0 spiro atoms. The van der Waals surface area contributed by atoms with Crippen molar-refractivity contribution in [1.82, 2.24) is 0 Å². The van der Waals surface area contributed by atoms with Crippen molar-refractivity contribution in [2.45, 2.75) is 10.7 Å². The Labute approximate surface area is 68.6 Å². The number of ketones is 1. The van der Waals surface area contributed by atoms with E-state index in [2.05, 4.69) is 0 Å². The van der Waals surface area contributed by atoms with Gasteiger partial charge in [-0.2, -0.15) is 0 Å². The number of allylic oxidation sites excluding steroid dienone is 2. The Morgan fingerprint density at radius 2 is 1.89 bits per heavy atom. The first-order chi connectivity index (χ1) is 3.92. The van der Waals surface area contributed by atoms with E-state index in [4.69, 9.17) is 34.8 Å². The van der Waals surface area contributed by atoms with Crippen LogP contribution >= 0.6 is 34.8 Å². The number of hydrogen-bond acceptors (Lipinski definition) is 1. The number of hydrogen-bond donors (Lipinski definition) is 0. The maximum atomic E-state index is 10.2. The third-order valence-electron chi connectivity index (χ3n) is 0.507. The quantitative estimate of drug-likeness (QED) is 0.455. The summed E-state index contributed by atoms with van der Waals surface area (Å²) < 4.78 is -1.45. The molecule has 0 aliphatic rings. The predicted octanol–water partition coefficient (Wildman–Crippen LogP) is 2.50. The van der Waals surface area contributed by atoms with Crippen molar-refractivity contribution in [2.24, 2.45) is 0 Å². The summed E-state index contributed by atoms with van der Waals surface area (Å²) in [5.74, 6) is -0.138. The van der Waals surface area contributed by atoms with Gasteiger partial charge in [-0.25, -0.2) is 0 Å². The van der Waals surface area contributed by atoms with Crippen LogP contribution in [0.5, 0.6) is 0 Å². The van der Waals surface area contributed by atoms with E-state index in [1.807, 2.05) is 0 Å². The maximum Gasteiger partial charge on any atom is 0.209 e. The molecule has 4 heteroatoms. The predicted molar refractivity (Wildman–Crippen MR) is 40.1 cm³/mol. The molecule has 0 rings (SSSR count). The van der Waals surface area contributed by atoms with Gasteiger partial charge in [-0.05, 0) is 19.1 Å². The Bertz CT molecular complexity index is 134. The summed E-state index contributed by atoms with van der Waals surface area (Å²) in [6.45, 7) is 1.38. The van der Waals surface area contributed by atoms with Crippen molar-refractivity contribution < 1.29 is 4.79 Å². The molecule has 0 amide bonds. The van der Waals surface area contributed by atoms with Gasteiger partial charge in [0.2, 0.25) is 3.79 Å². The van der Waals surface area contributed by atoms with E-state index in [9.17, 15) is 4.79 Å². The summed E-state index contributed by atoms with van der Waals surface area (Å²) in [6, 6.07) is 0. The minimum absolute atomic E-state index is 0.138. The highest BCUT2D eigenvalue weighted by Crippen LogP contribution is 2.26. The molecule has 0 N–H and O–H groups in total. The molecule has 0 atom stereocenters. The molecule has 0 aromatic carbocycles. The normalized spacial score (nSPS) is 12.4. The number of carbonyl (C=O) groups excluding carboxylic acids is 1. The second kappa shape index (κ2) is 3.45. The van der Waals surface area contributed by atoms with Gasteiger partial charge in [0.1, 0.15) is 0 Å². The SMILES string of the molecule is CC(=O)/C=C/C(Cl)(Cl)Cl. The highest BCUT2D eigenvalue weighted by Gasteiger charge is 2.13. The molecule has 0 heterocycles. The van der Waals surface area contributed by atoms with Crippen LogP contribution in [0.15, 0.2) is 12.2 Å². The zero-order chi connectivity index (χ0) is 7.49. The number of rotatable bonds is 1. The van der Waals surface area contributed by atoms with Crippen molar-refractivity contribution in [3.05, 3.63) is 12.2 Å². The highest BCUT2D eigenvalue weighted by atomic mass is 35.6. The first-order valence-electron chi connectivity index (χ1n) is 2.18. The molecule has 0 aliphatic heterocycles. The van der Waals surface area contributed by atoms with E-state index >= 15 is 0 Å². The van der Waals surface area contributed by atoms with Gasteiger partial charge >= 0.3 is 0 Å². The van der Waals surface area contributed by atoms with Crippen LogP contribution in [0, 0.1) is 0 Å². The lowest BCUT2D eigenvalue weighted by Crippen LogP contribution is -1.95. The molecule has 0 aromatic heterocycles. The first kappa shape index (κ1) is 9.28. The average Bonchev–Trinajstić information content (AvgIpc) is 1.59. The van der Waals surface area contributed by atoms with E-state index in [-0.39, 0.29) is 5.78 Å². The van der Waals surface area contributed by atoms with Crippen LogP contribution in [0.3, 0.4) is 0 Å². The molecule has 0 aliphatic carbocycles. The van der Waals surface area contributed by atoms with Crippen LogP contribution in [-0.2, 0) is 4.79 Å². The van der Waals surface area contributed by atoms with Crippen LogP contribution in [-0.4, -0.2) is 9.58 Å². The minimum Gasteiger partial charge on any atom is -0.295 e. The largest absolute Gasteiger partial charge is 0.295 e. The number of alkyl halides is 3. The summed E-state index contributed by atoms with van der Waals surface area (Å²) in [6.07, 6.45) is 2.42. The molecule has 0 radical (unpaired) electrons.